The number of rotatable bonds is 2. The Kier molecular flexibility index (Phi) is 5.44. The highest BCUT2D eigenvalue weighted by atomic mass is 127. The van der Waals surface area contributed by atoms with Crippen molar-refractivity contribution in [1.29, 1.82) is 0 Å². The molecule has 0 saturated heterocycles. The highest BCUT2D eigenvalue weighted by Crippen LogP contribution is 2.05. The van der Waals surface area contributed by atoms with E-state index in [4.69, 9.17) is 5.84 Å². The van der Waals surface area contributed by atoms with Crippen molar-refractivity contribution in [2.75, 3.05) is 7.05 Å². The van der Waals surface area contributed by atoms with E-state index < -0.39 is 0 Å². The zero-order valence-corrected chi connectivity index (χ0v) is 9.63. The first-order valence-electron chi connectivity index (χ1n) is 3.92. The summed E-state index contributed by atoms with van der Waals surface area (Å²) in [6.07, 6.45) is 1.07. The van der Waals surface area contributed by atoms with E-state index in [0.29, 0.717) is 0 Å². The van der Waals surface area contributed by atoms with Gasteiger partial charge in [0.2, 0.25) is 0 Å². The van der Waals surface area contributed by atoms with Crippen LogP contribution in [0.25, 0.3) is 0 Å². The molecule has 0 aromatic heterocycles. The van der Waals surface area contributed by atoms with Crippen molar-refractivity contribution in [2.45, 2.75) is 13.3 Å². The lowest BCUT2D eigenvalue weighted by Gasteiger charge is -2.05. The SMILES string of the molecule is CCc1cccc([NH+](C)N)c1.[I-]. The summed E-state index contributed by atoms with van der Waals surface area (Å²) in [7, 11) is 1.93. The summed E-state index contributed by atoms with van der Waals surface area (Å²) >= 11 is 0. The molecule has 3 heteroatoms. The minimum absolute atomic E-state index is 0. The highest BCUT2D eigenvalue weighted by molar-refractivity contribution is 5.33. The van der Waals surface area contributed by atoms with Crippen LogP contribution in [-0.2, 0) is 6.42 Å². The molecule has 0 bridgehead atoms. The standard InChI is InChI=1S/C9H14N2.HI/c1-3-8-5-4-6-9(7-8)11(2)10;/h4-7H,3,10H2,1-2H3;1H. The van der Waals surface area contributed by atoms with E-state index in [1.165, 1.54) is 5.56 Å². The number of quaternary nitrogens is 1. The van der Waals surface area contributed by atoms with Gasteiger partial charge in [0.1, 0.15) is 5.69 Å². The average Bonchev–Trinajstić information content (AvgIpc) is 2.05. The van der Waals surface area contributed by atoms with E-state index >= 15 is 0 Å². The van der Waals surface area contributed by atoms with Crippen LogP contribution in [0.1, 0.15) is 12.5 Å². The predicted octanol–water partition coefficient (Wildman–Crippen LogP) is -2.73. The van der Waals surface area contributed by atoms with E-state index in [9.17, 15) is 0 Å². The van der Waals surface area contributed by atoms with Gasteiger partial charge in [-0.3, -0.25) is 0 Å². The topological polar surface area (TPSA) is 30.5 Å². The third kappa shape index (κ3) is 3.08. The van der Waals surface area contributed by atoms with Crippen LogP contribution >= 0.6 is 0 Å². The minimum atomic E-state index is 0. The second-order valence-corrected chi connectivity index (χ2v) is 2.74. The van der Waals surface area contributed by atoms with Crippen molar-refractivity contribution in [1.82, 2.24) is 0 Å². The monoisotopic (exact) mass is 278 g/mol. The van der Waals surface area contributed by atoms with Gasteiger partial charge in [0.25, 0.3) is 0 Å². The molecule has 1 atom stereocenters. The molecule has 0 aliphatic rings. The molecule has 0 amide bonds. The molecule has 12 heavy (non-hydrogen) atoms. The molecule has 0 heterocycles. The summed E-state index contributed by atoms with van der Waals surface area (Å²) in [4.78, 5) is 0. The molecule has 0 saturated carbocycles. The van der Waals surface area contributed by atoms with Crippen molar-refractivity contribution in [3.63, 3.8) is 0 Å². The molecule has 1 aromatic carbocycles. The lowest BCUT2D eigenvalue weighted by molar-refractivity contribution is -0.823. The second-order valence-electron chi connectivity index (χ2n) is 2.74. The van der Waals surface area contributed by atoms with Gasteiger partial charge < -0.3 is 24.0 Å². The molecule has 1 unspecified atom stereocenters. The fourth-order valence-electron chi connectivity index (χ4n) is 1.04. The normalized spacial score (nSPS) is 11.9. The first-order valence-corrected chi connectivity index (χ1v) is 3.92. The molecule has 3 N–H and O–H groups in total. The van der Waals surface area contributed by atoms with Gasteiger partial charge in [-0.15, -0.1) is 0 Å². The summed E-state index contributed by atoms with van der Waals surface area (Å²) in [5.74, 6) is 5.65. The fraction of sp³-hybridized carbons (Fsp3) is 0.333. The number of nitrogens with two attached hydrogens (primary N) is 1. The van der Waals surface area contributed by atoms with Gasteiger partial charge in [0.15, 0.2) is 0 Å². The molecule has 0 aliphatic carbocycles. The van der Waals surface area contributed by atoms with E-state index in [1.807, 2.05) is 19.2 Å². The maximum atomic E-state index is 5.65. The van der Waals surface area contributed by atoms with Crippen LogP contribution < -0.4 is 34.8 Å². The third-order valence-corrected chi connectivity index (χ3v) is 1.79. The molecule has 0 spiro atoms. The highest BCUT2D eigenvalue weighted by Gasteiger charge is 1.99. The van der Waals surface area contributed by atoms with E-state index in [0.717, 1.165) is 17.1 Å². The van der Waals surface area contributed by atoms with Crippen LogP contribution in [0, 0.1) is 0 Å². The maximum absolute atomic E-state index is 5.65. The van der Waals surface area contributed by atoms with Crippen LogP contribution in [0.2, 0.25) is 0 Å². The Bertz CT molecular complexity index is 236. The van der Waals surface area contributed by atoms with Crippen LogP contribution in [0.5, 0.6) is 0 Å². The quantitative estimate of drug-likeness (QED) is 0.343. The molecule has 2 nitrogen and oxygen atoms in total. The van der Waals surface area contributed by atoms with Gasteiger partial charge in [-0.05, 0) is 12.0 Å². The van der Waals surface area contributed by atoms with Crippen LogP contribution in [0.4, 0.5) is 5.69 Å². The largest absolute Gasteiger partial charge is 1.00 e. The Labute approximate surface area is 90.7 Å². The van der Waals surface area contributed by atoms with Crippen molar-refractivity contribution >= 4 is 5.69 Å². The average molecular weight is 278 g/mol. The van der Waals surface area contributed by atoms with Gasteiger partial charge in [-0.25, -0.2) is 5.01 Å². The number of nitrogens with one attached hydrogen (secondary N) is 1. The van der Waals surface area contributed by atoms with Crippen molar-refractivity contribution < 1.29 is 29.0 Å². The van der Waals surface area contributed by atoms with Crippen LogP contribution in [0.15, 0.2) is 24.3 Å². The molecule has 1 aromatic rings. The molecule has 1 rings (SSSR count). The van der Waals surface area contributed by atoms with Crippen LogP contribution in [-0.4, -0.2) is 7.05 Å². The van der Waals surface area contributed by atoms with E-state index in [2.05, 4.69) is 19.1 Å². The Morgan fingerprint density at radius 3 is 2.58 bits per heavy atom. The second kappa shape index (κ2) is 5.50. The Balaban J connectivity index is 0.00000121. The molecular formula is C9H15IN2. The number of hydrogen-bond acceptors (Lipinski definition) is 1. The summed E-state index contributed by atoms with van der Waals surface area (Å²) < 4.78 is 0. The Hall–Kier alpha value is -0.130. The first kappa shape index (κ1) is 11.9. The Morgan fingerprint density at radius 1 is 1.42 bits per heavy atom. The summed E-state index contributed by atoms with van der Waals surface area (Å²) in [5.41, 5.74) is 2.48. The van der Waals surface area contributed by atoms with Gasteiger partial charge in [-0.1, -0.05) is 19.1 Å². The van der Waals surface area contributed by atoms with E-state index in [1.54, 1.807) is 0 Å². The van der Waals surface area contributed by atoms with Crippen molar-refractivity contribution in [3.05, 3.63) is 29.8 Å². The lowest BCUT2D eigenvalue weighted by Crippen LogP contribution is -3.10. The van der Waals surface area contributed by atoms with Gasteiger partial charge in [0, 0.05) is 12.1 Å². The Morgan fingerprint density at radius 2 is 2.08 bits per heavy atom. The molecular weight excluding hydrogens is 263 g/mol. The van der Waals surface area contributed by atoms with Crippen molar-refractivity contribution in [3.8, 4) is 0 Å². The number of benzene rings is 1. The van der Waals surface area contributed by atoms with Crippen molar-refractivity contribution in [2.24, 2.45) is 5.84 Å². The maximum Gasteiger partial charge on any atom is 0.150 e. The first-order chi connectivity index (χ1) is 5.24. The zero-order valence-electron chi connectivity index (χ0n) is 7.47. The zero-order chi connectivity index (χ0) is 8.27. The van der Waals surface area contributed by atoms with Gasteiger partial charge in [0.05, 0.1) is 7.05 Å². The fourth-order valence-corrected chi connectivity index (χ4v) is 1.04. The summed E-state index contributed by atoms with van der Waals surface area (Å²) in [6.45, 7) is 2.14. The minimum Gasteiger partial charge on any atom is -1.00 e. The molecule has 68 valence electrons. The number of halogens is 1. The smallest absolute Gasteiger partial charge is 0.150 e. The number of nitrogen functional groups attached to an aromatic ring is 1. The summed E-state index contributed by atoms with van der Waals surface area (Å²) in [6, 6.07) is 8.33. The number of hydrogen-bond donors (Lipinski definition) is 2. The number of aryl methyl sites for hydroxylation is 1. The van der Waals surface area contributed by atoms with E-state index in [-0.39, 0.29) is 24.0 Å². The third-order valence-electron chi connectivity index (χ3n) is 1.79. The van der Waals surface area contributed by atoms with Crippen LogP contribution in [0.3, 0.4) is 0 Å². The predicted molar refractivity (Wildman–Crippen MR) is 46.6 cm³/mol. The lowest BCUT2D eigenvalue weighted by atomic mass is 10.1. The van der Waals surface area contributed by atoms with Gasteiger partial charge in [-0.2, -0.15) is 5.84 Å². The molecule has 0 aliphatic heterocycles. The molecule has 0 radical (unpaired) electrons. The summed E-state index contributed by atoms with van der Waals surface area (Å²) in [5, 5.41) is 0.889. The van der Waals surface area contributed by atoms with Gasteiger partial charge >= 0.3 is 0 Å². The molecule has 0 fully saturated rings.